The van der Waals surface area contributed by atoms with Crippen LogP contribution in [0.3, 0.4) is 0 Å². The number of carboxylic acids is 1. The van der Waals surface area contributed by atoms with Gasteiger partial charge in [-0.2, -0.15) is 0 Å². The molecule has 0 amide bonds. The molecule has 1 aromatic rings. The highest BCUT2D eigenvalue weighted by atomic mass is 35.5. The van der Waals surface area contributed by atoms with E-state index in [1.54, 1.807) is 0 Å². The molecule has 0 fully saturated rings. The summed E-state index contributed by atoms with van der Waals surface area (Å²) in [5.74, 6) is -1.06. The average Bonchev–Trinajstić information content (AvgIpc) is 2.31. The number of nitrogens with one attached hydrogen (secondary N) is 1. The molecule has 0 bridgehead atoms. The number of aliphatic carboxylic acids is 1. The Labute approximate surface area is 127 Å². The summed E-state index contributed by atoms with van der Waals surface area (Å²) in [7, 11) is -3.82. The number of carboxylic acid groups (broad SMARTS) is 1. The van der Waals surface area contributed by atoms with Gasteiger partial charge in [0.15, 0.2) is 0 Å². The molecular weight excluding hydrogens is 325 g/mol. The molecule has 0 aromatic heterocycles. The number of sulfonamides is 1. The van der Waals surface area contributed by atoms with Crippen molar-refractivity contribution in [2.24, 2.45) is 0 Å². The molecule has 1 unspecified atom stereocenters. The van der Waals surface area contributed by atoms with Crippen molar-refractivity contribution < 1.29 is 18.3 Å². The van der Waals surface area contributed by atoms with Crippen molar-refractivity contribution in [3.05, 3.63) is 28.2 Å². The Morgan fingerprint density at radius 1 is 1.35 bits per heavy atom. The van der Waals surface area contributed by atoms with E-state index in [9.17, 15) is 13.2 Å². The zero-order valence-corrected chi connectivity index (χ0v) is 13.1. The van der Waals surface area contributed by atoms with E-state index in [0.717, 1.165) is 0 Å². The summed E-state index contributed by atoms with van der Waals surface area (Å²) in [6, 6.07) is 3.28. The van der Waals surface area contributed by atoms with Crippen molar-refractivity contribution in [1.29, 1.82) is 0 Å². The first-order chi connectivity index (χ1) is 9.26. The van der Waals surface area contributed by atoms with Gasteiger partial charge in [0.25, 0.3) is 0 Å². The van der Waals surface area contributed by atoms with E-state index < -0.39 is 22.0 Å². The van der Waals surface area contributed by atoms with Crippen molar-refractivity contribution >= 4 is 39.2 Å². The highest BCUT2D eigenvalue weighted by molar-refractivity contribution is 7.89. The zero-order chi connectivity index (χ0) is 15.3. The quantitative estimate of drug-likeness (QED) is 0.799. The number of hydrogen-bond donors (Lipinski definition) is 2. The predicted octanol–water partition coefficient (Wildman–Crippen LogP) is 2.92. The van der Waals surface area contributed by atoms with Gasteiger partial charge in [0.2, 0.25) is 10.0 Å². The third-order valence-electron chi connectivity index (χ3n) is 2.58. The number of rotatable bonds is 7. The third kappa shape index (κ3) is 4.94. The van der Waals surface area contributed by atoms with E-state index in [1.165, 1.54) is 18.2 Å². The molecule has 1 aromatic carbocycles. The van der Waals surface area contributed by atoms with Crippen molar-refractivity contribution in [2.75, 3.05) is 0 Å². The molecule has 1 rings (SSSR count). The van der Waals surface area contributed by atoms with Crippen molar-refractivity contribution in [2.45, 2.75) is 37.1 Å². The van der Waals surface area contributed by atoms with Crippen molar-refractivity contribution in [3.8, 4) is 0 Å². The molecule has 0 saturated heterocycles. The second kappa shape index (κ2) is 7.26. The van der Waals surface area contributed by atoms with Crippen LogP contribution in [-0.4, -0.2) is 25.5 Å². The number of hydrogen-bond acceptors (Lipinski definition) is 3. The van der Waals surface area contributed by atoms with Crippen LogP contribution < -0.4 is 4.72 Å². The topological polar surface area (TPSA) is 83.5 Å². The van der Waals surface area contributed by atoms with Gasteiger partial charge < -0.3 is 5.11 Å². The maximum Gasteiger partial charge on any atom is 0.304 e. The van der Waals surface area contributed by atoms with Crippen LogP contribution in [-0.2, 0) is 14.8 Å². The first-order valence-electron chi connectivity index (χ1n) is 5.95. The van der Waals surface area contributed by atoms with E-state index in [4.69, 9.17) is 28.3 Å². The number of halogens is 2. The fourth-order valence-electron chi connectivity index (χ4n) is 1.69. The molecule has 0 aliphatic rings. The molecule has 8 heteroatoms. The maximum absolute atomic E-state index is 12.2. The van der Waals surface area contributed by atoms with Gasteiger partial charge in [-0.3, -0.25) is 4.79 Å². The van der Waals surface area contributed by atoms with Crippen LogP contribution in [0.5, 0.6) is 0 Å². The van der Waals surface area contributed by atoms with Gasteiger partial charge in [-0.25, -0.2) is 13.1 Å². The highest BCUT2D eigenvalue weighted by Gasteiger charge is 2.22. The minimum atomic E-state index is -3.82. The Morgan fingerprint density at radius 3 is 2.50 bits per heavy atom. The van der Waals surface area contributed by atoms with Gasteiger partial charge in [0.05, 0.1) is 21.4 Å². The summed E-state index contributed by atoms with van der Waals surface area (Å²) in [5.41, 5.74) is 0. The molecule has 0 aliphatic carbocycles. The van der Waals surface area contributed by atoms with Gasteiger partial charge in [0.1, 0.15) is 0 Å². The smallest absolute Gasteiger partial charge is 0.304 e. The van der Waals surface area contributed by atoms with Crippen LogP contribution in [0, 0.1) is 0 Å². The van der Waals surface area contributed by atoms with Gasteiger partial charge in [-0.05, 0) is 24.6 Å². The van der Waals surface area contributed by atoms with Crippen molar-refractivity contribution in [1.82, 2.24) is 4.72 Å². The summed E-state index contributed by atoms with van der Waals surface area (Å²) >= 11 is 11.5. The van der Waals surface area contributed by atoms with Gasteiger partial charge in [-0.1, -0.05) is 36.5 Å². The molecule has 0 heterocycles. The Balaban J connectivity index is 2.96. The van der Waals surface area contributed by atoms with E-state index in [0.29, 0.717) is 12.8 Å². The molecule has 2 N–H and O–H groups in total. The molecule has 20 heavy (non-hydrogen) atoms. The SMILES string of the molecule is CCCC(CC(=O)O)NS(=O)(=O)c1ccc(Cl)c(Cl)c1. The second-order valence-electron chi connectivity index (χ2n) is 4.28. The summed E-state index contributed by atoms with van der Waals surface area (Å²) in [6.45, 7) is 1.85. The molecular formula is C12H15Cl2NO4S. The van der Waals surface area contributed by atoms with Crippen LogP contribution in [0.1, 0.15) is 26.2 Å². The fourth-order valence-corrected chi connectivity index (χ4v) is 3.35. The molecule has 0 aliphatic heterocycles. The lowest BCUT2D eigenvalue weighted by Gasteiger charge is -2.16. The third-order valence-corrected chi connectivity index (χ3v) is 4.84. The number of benzene rings is 1. The minimum Gasteiger partial charge on any atom is -0.481 e. The van der Waals surface area contributed by atoms with E-state index in [-0.39, 0.29) is 21.4 Å². The predicted molar refractivity (Wildman–Crippen MR) is 77.7 cm³/mol. The summed E-state index contributed by atoms with van der Waals surface area (Å²) in [4.78, 5) is 10.7. The molecule has 1 atom stereocenters. The van der Waals surface area contributed by atoms with Crippen molar-refractivity contribution in [3.63, 3.8) is 0 Å². The molecule has 112 valence electrons. The average molecular weight is 340 g/mol. The molecule has 0 radical (unpaired) electrons. The Morgan fingerprint density at radius 2 is 2.00 bits per heavy atom. The van der Waals surface area contributed by atoms with Gasteiger partial charge >= 0.3 is 5.97 Å². The van der Waals surface area contributed by atoms with Crippen LogP contribution in [0.2, 0.25) is 10.0 Å². The maximum atomic E-state index is 12.2. The summed E-state index contributed by atoms with van der Waals surface area (Å²) < 4.78 is 26.7. The molecule has 0 saturated carbocycles. The monoisotopic (exact) mass is 339 g/mol. The normalized spacial score (nSPS) is 13.2. The van der Waals surface area contributed by atoms with Crippen LogP contribution in [0.15, 0.2) is 23.1 Å². The van der Waals surface area contributed by atoms with Gasteiger partial charge in [0, 0.05) is 6.04 Å². The van der Waals surface area contributed by atoms with Crippen LogP contribution >= 0.6 is 23.2 Å². The Kier molecular flexibility index (Phi) is 6.26. The first-order valence-corrected chi connectivity index (χ1v) is 8.19. The molecule has 5 nitrogen and oxygen atoms in total. The standard InChI is InChI=1S/C12H15Cl2NO4S/c1-2-3-8(6-12(16)17)15-20(18,19)9-4-5-10(13)11(14)7-9/h4-5,7-8,15H,2-3,6H2,1H3,(H,16,17). The Hall–Kier alpha value is -0.820. The minimum absolute atomic E-state index is 0.0432. The largest absolute Gasteiger partial charge is 0.481 e. The van der Waals surface area contributed by atoms with E-state index >= 15 is 0 Å². The number of carbonyl (C=O) groups is 1. The Bertz CT molecular complexity index is 589. The summed E-state index contributed by atoms with van der Waals surface area (Å²) in [6.07, 6.45) is 0.836. The first kappa shape index (κ1) is 17.2. The van der Waals surface area contributed by atoms with Crippen LogP contribution in [0.4, 0.5) is 0 Å². The lowest BCUT2D eigenvalue weighted by Crippen LogP contribution is -2.36. The highest BCUT2D eigenvalue weighted by Crippen LogP contribution is 2.25. The van der Waals surface area contributed by atoms with Crippen LogP contribution in [0.25, 0.3) is 0 Å². The van der Waals surface area contributed by atoms with E-state index in [1.807, 2.05) is 6.92 Å². The zero-order valence-electron chi connectivity index (χ0n) is 10.8. The lowest BCUT2D eigenvalue weighted by molar-refractivity contribution is -0.137. The van der Waals surface area contributed by atoms with E-state index in [2.05, 4.69) is 4.72 Å². The second-order valence-corrected chi connectivity index (χ2v) is 6.81. The lowest BCUT2D eigenvalue weighted by atomic mass is 10.1. The fraction of sp³-hybridized carbons (Fsp3) is 0.417. The summed E-state index contributed by atoms with van der Waals surface area (Å²) in [5, 5.41) is 9.16. The van der Waals surface area contributed by atoms with Gasteiger partial charge in [-0.15, -0.1) is 0 Å². The molecule has 0 spiro atoms.